The van der Waals surface area contributed by atoms with Crippen molar-refractivity contribution >= 4 is 21.6 Å². The fourth-order valence-electron chi connectivity index (χ4n) is 3.19. The number of rotatable bonds is 4. The number of fused-ring (bicyclic) bond motifs is 2. The molecule has 3 aromatic carbocycles. The Hall–Kier alpha value is -3.09. The first-order valence-electron chi connectivity index (χ1n) is 8.34. The van der Waals surface area contributed by atoms with Gasteiger partial charge < -0.3 is 0 Å². The second kappa shape index (κ2) is 6.57. The molecule has 0 aromatic heterocycles. The van der Waals surface area contributed by atoms with E-state index in [1.54, 1.807) is 36.4 Å². The number of sulfonamides is 1. The van der Waals surface area contributed by atoms with E-state index in [0.29, 0.717) is 5.56 Å². The minimum absolute atomic E-state index is 0.0678. The molecule has 0 spiro atoms. The third-order valence-corrected chi connectivity index (χ3v) is 5.96. The average molecular weight is 377 g/mol. The number of nitrogens with one attached hydrogen (secondary N) is 1. The second-order valence-corrected chi connectivity index (χ2v) is 7.93. The molecule has 1 aliphatic carbocycles. The van der Waals surface area contributed by atoms with Gasteiger partial charge in [0.05, 0.1) is 10.5 Å². The molecule has 0 aliphatic heterocycles. The van der Waals surface area contributed by atoms with Crippen molar-refractivity contribution in [2.24, 2.45) is 0 Å². The Kier molecular flexibility index (Phi) is 4.22. The summed E-state index contributed by atoms with van der Waals surface area (Å²) >= 11 is 0. The Morgan fingerprint density at radius 3 is 1.96 bits per heavy atom. The molecule has 5 nitrogen and oxygen atoms in total. The molecule has 1 N–H and O–H groups in total. The van der Waals surface area contributed by atoms with E-state index < -0.39 is 15.8 Å². The lowest BCUT2D eigenvalue weighted by molar-refractivity contribution is 0.0976. The number of hydrogen-bond acceptors (Lipinski definition) is 4. The van der Waals surface area contributed by atoms with E-state index in [9.17, 15) is 18.0 Å². The monoisotopic (exact) mass is 377 g/mol. The Labute approximate surface area is 156 Å². The fraction of sp³-hybridized carbons (Fsp3) is 0.0476. The van der Waals surface area contributed by atoms with Crippen molar-refractivity contribution in [2.45, 2.75) is 11.4 Å². The molecule has 0 saturated carbocycles. The van der Waals surface area contributed by atoms with E-state index in [0.717, 1.165) is 5.56 Å². The minimum atomic E-state index is -3.98. The highest BCUT2D eigenvalue weighted by Crippen LogP contribution is 2.31. The predicted octanol–water partition coefficient (Wildman–Crippen LogP) is 2.94. The number of carbonyl (C=O) groups is 2. The van der Waals surface area contributed by atoms with Crippen LogP contribution in [0.4, 0.5) is 0 Å². The zero-order valence-corrected chi connectivity index (χ0v) is 15.0. The van der Waals surface area contributed by atoms with Crippen molar-refractivity contribution in [3.8, 4) is 0 Å². The summed E-state index contributed by atoms with van der Waals surface area (Å²) < 4.78 is 28.2. The van der Waals surface area contributed by atoms with Crippen molar-refractivity contribution < 1.29 is 18.0 Å². The van der Waals surface area contributed by atoms with Crippen LogP contribution in [0.3, 0.4) is 0 Å². The third kappa shape index (κ3) is 2.99. The Balaban J connectivity index is 1.77. The first-order chi connectivity index (χ1) is 13.0. The highest BCUT2D eigenvalue weighted by Gasteiger charge is 2.34. The van der Waals surface area contributed by atoms with Crippen LogP contribution in [0.25, 0.3) is 0 Å². The van der Waals surface area contributed by atoms with Crippen LogP contribution >= 0.6 is 0 Å². The van der Waals surface area contributed by atoms with Crippen LogP contribution in [-0.4, -0.2) is 20.0 Å². The SMILES string of the molecule is O=C1c2ccccc2C(=O)c2c1cccc2S(=O)(=O)NCc1ccccc1. The lowest BCUT2D eigenvalue weighted by Gasteiger charge is -2.20. The number of carbonyl (C=O) groups excluding carboxylic acids is 2. The van der Waals surface area contributed by atoms with Gasteiger partial charge in [-0.2, -0.15) is 0 Å². The van der Waals surface area contributed by atoms with Gasteiger partial charge in [-0.15, -0.1) is 0 Å². The van der Waals surface area contributed by atoms with Crippen LogP contribution in [0, 0.1) is 0 Å². The fourth-order valence-corrected chi connectivity index (χ4v) is 4.43. The topological polar surface area (TPSA) is 80.3 Å². The standard InChI is InChI=1S/C21H15NO4S/c23-20-15-9-4-5-10-16(15)21(24)19-17(20)11-6-12-18(19)27(25,26)22-13-14-7-2-1-3-8-14/h1-12,22H,13H2. The zero-order valence-electron chi connectivity index (χ0n) is 14.2. The summed E-state index contributed by atoms with van der Waals surface area (Å²) in [6.45, 7) is 0.0889. The van der Waals surface area contributed by atoms with Crippen LogP contribution in [-0.2, 0) is 16.6 Å². The van der Waals surface area contributed by atoms with E-state index in [2.05, 4.69) is 4.72 Å². The van der Waals surface area contributed by atoms with E-state index in [4.69, 9.17) is 0 Å². The highest BCUT2D eigenvalue weighted by atomic mass is 32.2. The van der Waals surface area contributed by atoms with Crippen LogP contribution in [0.5, 0.6) is 0 Å². The van der Waals surface area contributed by atoms with E-state index in [-0.39, 0.29) is 33.9 Å². The summed E-state index contributed by atoms with van der Waals surface area (Å²) in [5.74, 6) is -0.804. The molecular weight excluding hydrogens is 362 g/mol. The van der Waals surface area contributed by atoms with Gasteiger partial charge in [0.15, 0.2) is 11.6 Å². The molecule has 0 amide bonds. The quantitative estimate of drug-likeness (QED) is 0.593. The maximum atomic E-state index is 13.0. The molecule has 0 saturated heterocycles. The summed E-state index contributed by atoms with van der Waals surface area (Å²) in [6.07, 6.45) is 0. The zero-order chi connectivity index (χ0) is 19.0. The summed E-state index contributed by atoms with van der Waals surface area (Å²) in [5, 5.41) is 0. The molecular formula is C21H15NO4S. The van der Waals surface area contributed by atoms with Gasteiger partial charge in [-0.1, -0.05) is 66.7 Å². The van der Waals surface area contributed by atoms with Crippen molar-refractivity contribution in [1.29, 1.82) is 0 Å². The normalized spacial score (nSPS) is 13.2. The van der Waals surface area contributed by atoms with Gasteiger partial charge in [-0.05, 0) is 11.6 Å². The predicted molar refractivity (Wildman–Crippen MR) is 100 cm³/mol. The third-order valence-electron chi connectivity index (χ3n) is 4.51. The van der Waals surface area contributed by atoms with Crippen molar-refractivity contribution in [1.82, 2.24) is 4.72 Å². The summed E-state index contributed by atoms with van der Waals surface area (Å²) in [6, 6.07) is 19.8. The van der Waals surface area contributed by atoms with Crippen LogP contribution in [0.15, 0.2) is 77.7 Å². The van der Waals surface area contributed by atoms with Gasteiger partial charge in [0, 0.05) is 23.2 Å². The Morgan fingerprint density at radius 1 is 0.667 bits per heavy atom. The molecule has 0 bridgehead atoms. The van der Waals surface area contributed by atoms with E-state index in [1.807, 2.05) is 18.2 Å². The molecule has 0 heterocycles. The maximum Gasteiger partial charge on any atom is 0.241 e. The first kappa shape index (κ1) is 17.3. The highest BCUT2D eigenvalue weighted by molar-refractivity contribution is 7.89. The van der Waals surface area contributed by atoms with Gasteiger partial charge in [0.2, 0.25) is 10.0 Å². The molecule has 134 valence electrons. The first-order valence-corrected chi connectivity index (χ1v) is 9.82. The van der Waals surface area contributed by atoms with E-state index in [1.165, 1.54) is 18.2 Å². The molecule has 0 atom stereocenters. The van der Waals surface area contributed by atoms with Crippen LogP contribution < -0.4 is 4.72 Å². The van der Waals surface area contributed by atoms with Gasteiger partial charge in [0.25, 0.3) is 0 Å². The second-order valence-electron chi connectivity index (χ2n) is 6.19. The van der Waals surface area contributed by atoms with Crippen LogP contribution in [0.2, 0.25) is 0 Å². The Bertz CT molecular complexity index is 1170. The average Bonchev–Trinajstić information content (AvgIpc) is 2.71. The molecule has 0 unspecified atom stereocenters. The molecule has 0 fully saturated rings. The Morgan fingerprint density at radius 2 is 1.26 bits per heavy atom. The van der Waals surface area contributed by atoms with Gasteiger partial charge in [-0.3, -0.25) is 9.59 Å². The van der Waals surface area contributed by atoms with Gasteiger partial charge in [0.1, 0.15) is 0 Å². The van der Waals surface area contributed by atoms with Gasteiger partial charge in [-0.25, -0.2) is 13.1 Å². The maximum absolute atomic E-state index is 13.0. The summed E-state index contributed by atoms with van der Waals surface area (Å²) in [5.41, 5.74) is 1.35. The summed E-state index contributed by atoms with van der Waals surface area (Å²) in [4.78, 5) is 25.5. The minimum Gasteiger partial charge on any atom is -0.289 e. The summed E-state index contributed by atoms with van der Waals surface area (Å²) in [7, 11) is -3.98. The van der Waals surface area contributed by atoms with Gasteiger partial charge >= 0.3 is 0 Å². The van der Waals surface area contributed by atoms with Crippen molar-refractivity contribution in [3.63, 3.8) is 0 Å². The molecule has 1 aliphatic rings. The largest absolute Gasteiger partial charge is 0.289 e. The molecule has 3 aromatic rings. The number of hydrogen-bond donors (Lipinski definition) is 1. The molecule has 6 heteroatoms. The molecule has 0 radical (unpaired) electrons. The number of ketones is 2. The van der Waals surface area contributed by atoms with E-state index >= 15 is 0 Å². The lowest BCUT2D eigenvalue weighted by Crippen LogP contribution is -2.29. The number of benzene rings is 3. The van der Waals surface area contributed by atoms with Crippen LogP contribution in [0.1, 0.15) is 37.4 Å². The van der Waals surface area contributed by atoms with Crippen molar-refractivity contribution in [3.05, 3.63) is 101 Å². The molecule has 4 rings (SSSR count). The molecule has 27 heavy (non-hydrogen) atoms. The smallest absolute Gasteiger partial charge is 0.241 e. The van der Waals surface area contributed by atoms with Crippen molar-refractivity contribution in [2.75, 3.05) is 0 Å². The lowest BCUT2D eigenvalue weighted by atomic mass is 9.84.